The van der Waals surface area contributed by atoms with Gasteiger partial charge >= 0.3 is 12.2 Å². The van der Waals surface area contributed by atoms with Crippen LogP contribution in [-0.4, -0.2) is 103 Å². The molecule has 338 valence electrons. The van der Waals surface area contributed by atoms with Crippen LogP contribution in [0.2, 0.25) is 0 Å². The Morgan fingerprint density at radius 2 is 1.63 bits per heavy atom. The minimum atomic E-state index is -0.928. The van der Waals surface area contributed by atoms with Crippen molar-refractivity contribution >= 4 is 46.2 Å². The second-order valence-electron chi connectivity index (χ2n) is 18.0. The first-order valence-electron chi connectivity index (χ1n) is 22.3. The molecular weight excluding hydrogens is 827 g/mol. The molecule has 1 unspecified atom stereocenters. The van der Waals surface area contributed by atoms with Gasteiger partial charge in [0.25, 0.3) is 0 Å². The number of imidazole rings is 1. The van der Waals surface area contributed by atoms with Gasteiger partial charge in [-0.1, -0.05) is 69.3 Å². The number of rotatable bonds is 11. The van der Waals surface area contributed by atoms with Crippen molar-refractivity contribution in [2.24, 2.45) is 22.7 Å². The van der Waals surface area contributed by atoms with E-state index in [1.807, 2.05) is 60.2 Å². The van der Waals surface area contributed by atoms with Gasteiger partial charge < -0.3 is 44.4 Å². The second-order valence-corrected chi connectivity index (χ2v) is 18.0. The molecule has 6 atom stereocenters. The third-order valence-corrected chi connectivity index (χ3v) is 13.3. The number of H-pyrrole nitrogens is 1. The Morgan fingerprint density at radius 1 is 0.862 bits per heavy atom. The molecule has 5 aromatic rings. The van der Waals surface area contributed by atoms with Gasteiger partial charge in [-0.2, -0.15) is 0 Å². The Hall–Kier alpha value is -6.74. The number of likely N-dealkylation sites (tertiary alicyclic amines) is 2. The quantitative estimate of drug-likeness (QED) is 0.120. The lowest BCUT2D eigenvalue weighted by molar-refractivity contribution is -0.135. The first-order chi connectivity index (χ1) is 31.4. The van der Waals surface area contributed by atoms with Crippen LogP contribution in [0.1, 0.15) is 68.2 Å². The summed E-state index contributed by atoms with van der Waals surface area (Å²) in [5.41, 5.74) is 8.47. The van der Waals surface area contributed by atoms with E-state index in [4.69, 9.17) is 28.9 Å². The maximum absolute atomic E-state index is 14.4. The van der Waals surface area contributed by atoms with E-state index in [-0.39, 0.29) is 41.7 Å². The van der Waals surface area contributed by atoms with Crippen molar-refractivity contribution < 1.29 is 38.1 Å². The molecular formula is C50H55N7O8. The highest BCUT2D eigenvalue weighted by Crippen LogP contribution is 2.45. The number of aromatic amines is 1. The number of nitrogens with one attached hydrogen (secondary N) is 3. The molecule has 15 heteroatoms. The van der Waals surface area contributed by atoms with E-state index in [0.717, 1.165) is 67.9 Å². The third-order valence-electron chi connectivity index (χ3n) is 13.3. The topological polar surface area (TPSA) is 177 Å². The van der Waals surface area contributed by atoms with Crippen LogP contribution in [0.15, 0.2) is 84.0 Å². The maximum atomic E-state index is 14.4. The number of aliphatic imine (C=N–C) groups is 1. The molecule has 15 nitrogen and oxygen atoms in total. The molecule has 0 aliphatic carbocycles. The second kappa shape index (κ2) is 18.0. The zero-order chi connectivity index (χ0) is 45.5. The van der Waals surface area contributed by atoms with Crippen molar-refractivity contribution in [3.05, 3.63) is 102 Å². The van der Waals surface area contributed by atoms with Gasteiger partial charge in [0.05, 0.1) is 50.5 Å². The van der Waals surface area contributed by atoms with E-state index in [1.165, 1.54) is 14.2 Å². The molecule has 65 heavy (non-hydrogen) atoms. The molecule has 9 rings (SSSR count). The van der Waals surface area contributed by atoms with Gasteiger partial charge in [0, 0.05) is 43.8 Å². The van der Waals surface area contributed by atoms with Crippen molar-refractivity contribution in [1.29, 1.82) is 0 Å². The van der Waals surface area contributed by atoms with Gasteiger partial charge in [-0.25, -0.2) is 14.6 Å². The summed E-state index contributed by atoms with van der Waals surface area (Å²) in [4.78, 5) is 70.0. The van der Waals surface area contributed by atoms with Gasteiger partial charge in [-0.05, 0) is 87.5 Å². The Bertz CT molecular complexity index is 2680. The number of nitrogens with zero attached hydrogens (tertiary/aromatic N) is 4. The van der Waals surface area contributed by atoms with E-state index in [0.29, 0.717) is 50.5 Å². The van der Waals surface area contributed by atoms with Gasteiger partial charge in [-0.3, -0.25) is 14.6 Å². The Morgan fingerprint density at radius 3 is 2.38 bits per heavy atom. The van der Waals surface area contributed by atoms with Crippen LogP contribution in [0.25, 0.3) is 33.2 Å². The monoisotopic (exact) mass is 881 g/mol. The average Bonchev–Trinajstić information content (AvgIpc) is 4.15. The van der Waals surface area contributed by atoms with Gasteiger partial charge in [0.1, 0.15) is 30.3 Å². The number of carbonyl (C=O) groups excluding carboxylic acids is 4. The van der Waals surface area contributed by atoms with E-state index in [1.54, 1.807) is 7.11 Å². The van der Waals surface area contributed by atoms with Crippen molar-refractivity contribution in [3.8, 4) is 28.1 Å². The summed E-state index contributed by atoms with van der Waals surface area (Å²) in [5, 5.41) is 7.61. The van der Waals surface area contributed by atoms with Crippen LogP contribution < -0.4 is 15.4 Å². The molecule has 2 saturated heterocycles. The number of alkyl carbamates (subject to hydrolysis) is 2. The Balaban J connectivity index is 0.949. The minimum Gasteiger partial charge on any atom is -0.488 e. The van der Waals surface area contributed by atoms with E-state index >= 15 is 0 Å². The predicted octanol–water partition coefficient (Wildman–Crippen LogP) is 7.67. The molecule has 5 heterocycles. The fraction of sp³-hybridized carbons (Fsp3) is 0.400. The molecule has 0 radical (unpaired) electrons. The summed E-state index contributed by atoms with van der Waals surface area (Å²) in [6.07, 6.45) is 2.51. The molecule has 3 N–H and O–H groups in total. The molecule has 1 aromatic heterocycles. The summed E-state index contributed by atoms with van der Waals surface area (Å²) >= 11 is 0. The molecule has 0 bridgehead atoms. The fourth-order valence-corrected chi connectivity index (χ4v) is 10.1. The minimum absolute atomic E-state index is 0.0981. The van der Waals surface area contributed by atoms with Gasteiger partial charge in [-0.15, -0.1) is 0 Å². The number of amides is 4. The zero-order valence-electron chi connectivity index (χ0n) is 37.6. The number of hydrogen-bond donors (Lipinski definition) is 3. The molecule has 0 spiro atoms. The number of ether oxygens (including phenoxy) is 4. The average molecular weight is 882 g/mol. The SMILES string of the molecule is COC[C@H]1C[C@@H](C2=Nc3ccc4cc5c(cc4c3C2)OCc2cc(-c3cnc(C4C[C@H](C)CN4C(=O)[C@@H](NC(=O)OC)C(C)C)[nH]3)ccc2-5)N(C(=O)[C@H](NC(=O)OC)c2ccccc2)C1. The van der Waals surface area contributed by atoms with Gasteiger partial charge in [0.15, 0.2) is 0 Å². The molecule has 0 saturated carbocycles. The molecule has 2 fully saturated rings. The van der Waals surface area contributed by atoms with Gasteiger partial charge in [0.2, 0.25) is 11.8 Å². The zero-order valence-corrected chi connectivity index (χ0v) is 37.6. The largest absolute Gasteiger partial charge is 0.488 e. The number of aromatic nitrogens is 2. The highest BCUT2D eigenvalue weighted by atomic mass is 16.5. The highest BCUT2D eigenvalue weighted by molar-refractivity contribution is 6.07. The van der Waals surface area contributed by atoms with Crippen LogP contribution in [0, 0.1) is 17.8 Å². The number of hydrogen-bond acceptors (Lipinski definition) is 10. The molecule has 4 aliphatic rings. The number of carbonyl (C=O) groups is 4. The van der Waals surface area contributed by atoms with Crippen LogP contribution >= 0.6 is 0 Å². The summed E-state index contributed by atoms with van der Waals surface area (Å²) in [6.45, 7) is 7.85. The summed E-state index contributed by atoms with van der Waals surface area (Å²) in [7, 11) is 4.25. The number of fused-ring (bicyclic) bond motifs is 6. The first kappa shape index (κ1) is 43.5. The summed E-state index contributed by atoms with van der Waals surface area (Å²) in [5.74, 6) is 1.35. The van der Waals surface area contributed by atoms with Crippen molar-refractivity contribution in [1.82, 2.24) is 30.4 Å². The molecule has 4 amide bonds. The molecule has 4 aliphatic heterocycles. The predicted molar refractivity (Wildman–Crippen MR) is 245 cm³/mol. The Labute approximate surface area is 377 Å². The van der Waals surface area contributed by atoms with Crippen LogP contribution in [-0.2, 0) is 36.8 Å². The Kier molecular flexibility index (Phi) is 12.1. The third kappa shape index (κ3) is 8.40. The van der Waals surface area contributed by atoms with E-state index in [2.05, 4.69) is 65.0 Å². The lowest BCUT2D eigenvalue weighted by atomic mass is 9.90. The maximum Gasteiger partial charge on any atom is 0.407 e. The molecule has 4 aromatic carbocycles. The van der Waals surface area contributed by atoms with Crippen molar-refractivity contribution in [2.75, 3.05) is 41.0 Å². The van der Waals surface area contributed by atoms with Crippen LogP contribution in [0.3, 0.4) is 0 Å². The number of methoxy groups -OCH3 is 3. The summed E-state index contributed by atoms with van der Waals surface area (Å²) in [6, 6.07) is 21.8. The smallest absolute Gasteiger partial charge is 0.407 e. The van der Waals surface area contributed by atoms with E-state index < -0.39 is 24.3 Å². The normalized spacial score (nSPS) is 20.6. The van der Waals surface area contributed by atoms with Crippen LogP contribution in [0.5, 0.6) is 5.75 Å². The van der Waals surface area contributed by atoms with Crippen molar-refractivity contribution in [2.45, 2.75) is 70.8 Å². The lowest BCUT2D eigenvalue weighted by Crippen LogP contribution is -2.51. The van der Waals surface area contributed by atoms with Crippen LogP contribution in [0.4, 0.5) is 15.3 Å². The highest BCUT2D eigenvalue weighted by Gasteiger charge is 2.43. The first-order valence-corrected chi connectivity index (χ1v) is 22.3. The van der Waals surface area contributed by atoms with Crippen molar-refractivity contribution in [3.63, 3.8) is 0 Å². The number of benzene rings is 4. The van der Waals surface area contributed by atoms with E-state index in [9.17, 15) is 19.2 Å². The fourth-order valence-electron chi connectivity index (χ4n) is 10.1. The summed E-state index contributed by atoms with van der Waals surface area (Å²) < 4.78 is 21.8. The standard InChI is InChI=1S/C50H55N7O8/c1-27(2)44(54-49(60)63-5)47(58)56-23-28(3)16-42(56)46-51-22-40(53-46)32-12-14-34-33(18-32)26-65-43-21-35-31(19-37(34)43)13-15-38-36(35)20-39(52-38)41-17-29(25-62-4)24-57(41)48(59)45(55-50(61)64-6)30-10-8-7-9-11-30/h7-15,18-19,21-22,27-29,41-42,44-45H,16-17,20,23-26H2,1-6H3,(H,51,53)(H,54,60)(H,55,61)/t28-,29-,41-,42?,44-,45+/m0/s1. The lowest BCUT2D eigenvalue weighted by Gasteiger charge is -2.30.